The number of ketones is 1. The SMILES string of the molecule is O=C(c1cc(F)cc(F)c1)C1C2CC3CC(C2)CC1C3. The number of hydrogen-bond donors (Lipinski definition) is 0. The summed E-state index contributed by atoms with van der Waals surface area (Å²) in [4.78, 5) is 12.7. The van der Waals surface area contributed by atoms with Crippen LogP contribution in [0.2, 0.25) is 0 Å². The van der Waals surface area contributed by atoms with E-state index in [1.807, 2.05) is 0 Å². The molecule has 5 rings (SSSR count). The van der Waals surface area contributed by atoms with Crippen molar-refractivity contribution >= 4 is 5.78 Å². The molecule has 1 aromatic rings. The second-order valence-corrected chi connectivity index (χ2v) is 6.98. The van der Waals surface area contributed by atoms with E-state index in [4.69, 9.17) is 0 Å². The van der Waals surface area contributed by atoms with Crippen LogP contribution in [0.3, 0.4) is 0 Å². The third-order valence-electron chi connectivity index (χ3n) is 5.68. The van der Waals surface area contributed by atoms with E-state index in [2.05, 4.69) is 0 Å². The topological polar surface area (TPSA) is 17.1 Å². The molecule has 0 radical (unpaired) electrons. The lowest BCUT2D eigenvalue weighted by Gasteiger charge is -2.53. The van der Waals surface area contributed by atoms with Gasteiger partial charge in [-0.1, -0.05) is 0 Å². The van der Waals surface area contributed by atoms with E-state index < -0.39 is 11.6 Å². The molecule has 0 saturated heterocycles. The Labute approximate surface area is 117 Å². The molecule has 0 aliphatic heterocycles. The van der Waals surface area contributed by atoms with E-state index in [1.54, 1.807) is 0 Å². The summed E-state index contributed by atoms with van der Waals surface area (Å²) in [5.74, 6) is 1.15. The Balaban J connectivity index is 1.65. The van der Waals surface area contributed by atoms with Gasteiger partial charge in [0.05, 0.1) is 0 Å². The molecule has 4 aliphatic rings. The number of hydrogen-bond acceptors (Lipinski definition) is 1. The Kier molecular flexibility index (Phi) is 2.73. The Bertz CT molecular complexity index is 518. The van der Waals surface area contributed by atoms with Crippen LogP contribution in [0.5, 0.6) is 0 Å². The molecule has 0 unspecified atom stereocenters. The molecular weight excluding hydrogens is 258 g/mol. The quantitative estimate of drug-likeness (QED) is 0.739. The summed E-state index contributed by atoms with van der Waals surface area (Å²) in [5.41, 5.74) is 0.222. The van der Waals surface area contributed by atoms with Crippen LogP contribution < -0.4 is 0 Å². The number of halogens is 2. The minimum absolute atomic E-state index is 0.00370. The molecule has 106 valence electrons. The van der Waals surface area contributed by atoms with Gasteiger partial charge in [0.25, 0.3) is 0 Å². The van der Waals surface area contributed by atoms with Gasteiger partial charge in [-0.05, 0) is 67.9 Å². The molecular formula is C17H18F2O. The predicted octanol–water partition coefficient (Wildman–Crippen LogP) is 4.22. The molecule has 0 aromatic heterocycles. The van der Waals surface area contributed by atoms with Crippen LogP contribution in [-0.4, -0.2) is 5.78 Å². The largest absolute Gasteiger partial charge is 0.294 e. The average molecular weight is 276 g/mol. The van der Waals surface area contributed by atoms with Crippen molar-refractivity contribution in [1.82, 2.24) is 0 Å². The molecule has 0 N–H and O–H groups in total. The van der Waals surface area contributed by atoms with Crippen LogP contribution in [0.1, 0.15) is 42.5 Å². The molecule has 0 atom stereocenters. The van der Waals surface area contributed by atoms with Crippen molar-refractivity contribution in [2.45, 2.75) is 32.1 Å². The third kappa shape index (κ3) is 1.90. The van der Waals surface area contributed by atoms with Crippen molar-refractivity contribution in [2.75, 3.05) is 0 Å². The fourth-order valence-corrected chi connectivity index (χ4v) is 5.24. The van der Waals surface area contributed by atoms with Crippen molar-refractivity contribution in [3.63, 3.8) is 0 Å². The summed E-state index contributed by atoms with van der Waals surface area (Å²) in [6.45, 7) is 0. The fraction of sp³-hybridized carbons (Fsp3) is 0.588. The van der Waals surface area contributed by atoms with Crippen molar-refractivity contribution in [1.29, 1.82) is 0 Å². The lowest BCUT2D eigenvalue weighted by Crippen LogP contribution is -2.48. The molecule has 4 bridgehead atoms. The maximum Gasteiger partial charge on any atom is 0.166 e. The Morgan fingerprint density at radius 2 is 1.35 bits per heavy atom. The Morgan fingerprint density at radius 3 is 1.85 bits per heavy atom. The van der Waals surface area contributed by atoms with Gasteiger partial charge in [0, 0.05) is 17.5 Å². The molecule has 0 spiro atoms. The summed E-state index contributed by atoms with van der Waals surface area (Å²) in [5, 5.41) is 0. The molecule has 0 amide bonds. The van der Waals surface area contributed by atoms with Gasteiger partial charge in [0.2, 0.25) is 0 Å². The molecule has 4 fully saturated rings. The average Bonchev–Trinajstić information content (AvgIpc) is 2.35. The van der Waals surface area contributed by atoms with Gasteiger partial charge in [-0.15, -0.1) is 0 Å². The Hall–Kier alpha value is -1.25. The van der Waals surface area contributed by atoms with Crippen LogP contribution in [0.25, 0.3) is 0 Å². The molecule has 3 heteroatoms. The number of carbonyl (C=O) groups excluding carboxylic acids is 1. The van der Waals surface area contributed by atoms with Crippen LogP contribution in [-0.2, 0) is 0 Å². The Morgan fingerprint density at radius 1 is 0.850 bits per heavy atom. The number of Topliss-reactive ketones (excluding diaryl/α,β-unsaturated/α-hetero) is 1. The van der Waals surface area contributed by atoms with Crippen molar-refractivity contribution in [3.05, 3.63) is 35.4 Å². The van der Waals surface area contributed by atoms with Crippen LogP contribution in [0.15, 0.2) is 18.2 Å². The molecule has 0 heterocycles. The number of benzene rings is 1. The van der Waals surface area contributed by atoms with Crippen molar-refractivity contribution in [2.24, 2.45) is 29.6 Å². The van der Waals surface area contributed by atoms with Crippen molar-refractivity contribution < 1.29 is 13.6 Å². The maximum atomic E-state index is 13.3. The summed E-state index contributed by atoms with van der Waals surface area (Å²) in [6, 6.07) is 3.21. The first kappa shape index (κ1) is 12.5. The predicted molar refractivity (Wildman–Crippen MR) is 71.2 cm³/mol. The zero-order valence-electron chi connectivity index (χ0n) is 11.3. The number of rotatable bonds is 2. The third-order valence-corrected chi connectivity index (χ3v) is 5.68. The van der Waals surface area contributed by atoms with Crippen LogP contribution >= 0.6 is 0 Å². The summed E-state index contributed by atoms with van der Waals surface area (Å²) in [6.07, 6.45) is 5.90. The lowest BCUT2D eigenvalue weighted by molar-refractivity contribution is -0.0251. The van der Waals surface area contributed by atoms with E-state index in [0.717, 1.165) is 43.6 Å². The van der Waals surface area contributed by atoms with E-state index in [0.29, 0.717) is 11.8 Å². The first-order valence-electron chi connectivity index (χ1n) is 7.60. The molecule has 20 heavy (non-hydrogen) atoms. The highest BCUT2D eigenvalue weighted by molar-refractivity contribution is 5.98. The smallest absolute Gasteiger partial charge is 0.166 e. The minimum atomic E-state index is -0.655. The molecule has 1 aromatic carbocycles. The van der Waals surface area contributed by atoms with Crippen LogP contribution in [0, 0.1) is 41.2 Å². The van der Waals surface area contributed by atoms with E-state index in [-0.39, 0.29) is 17.3 Å². The first-order valence-corrected chi connectivity index (χ1v) is 7.60. The first-order chi connectivity index (χ1) is 9.60. The van der Waals surface area contributed by atoms with Gasteiger partial charge >= 0.3 is 0 Å². The molecule has 1 nitrogen and oxygen atoms in total. The van der Waals surface area contributed by atoms with Gasteiger partial charge in [-0.3, -0.25) is 4.79 Å². The minimum Gasteiger partial charge on any atom is -0.294 e. The zero-order chi connectivity index (χ0) is 13.9. The van der Waals surface area contributed by atoms with Gasteiger partial charge in [0.1, 0.15) is 11.6 Å². The van der Waals surface area contributed by atoms with E-state index >= 15 is 0 Å². The monoisotopic (exact) mass is 276 g/mol. The normalized spacial score (nSPS) is 38.2. The fourth-order valence-electron chi connectivity index (χ4n) is 5.24. The van der Waals surface area contributed by atoms with Gasteiger partial charge in [-0.2, -0.15) is 0 Å². The van der Waals surface area contributed by atoms with Gasteiger partial charge in [0.15, 0.2) is 5.78 Å². The van der Waals surface area contributed by atoms with E-state index in [1.165, 1.54) is 18.6 Å². The summed E-state index contributed by atoms with van der Waals surface area (Å²) in [7, 11) is 0. The van der Waals surface area contributed by atoms with Gasteiger partial charge in [-0.25, -0.2) is 8.78 Å². The van der Waals surface area contributed by atoms with Crippen LogP contribution in [0.4, 0.5) is 8.78 Å². The van der Waals surface area contributed by atoms with E-state index in [9.17, 15) is 13.6 Å². The standard InChI is InChI=1S/C17H18F2O/c18-14-6-13(7-15(19)8-14)17(20)16-11-2-9-1-10(4-11)5-12(16)3-9/h6-12,16H,1-5H2. The highest BCUT2D eigenvalue weighted by Crippen LogP contribution is 2.57. The summed E-state index contributed by atoms with van der Waals surface area (Å²) < 4.78 is 26.6. The van der Waals surface area contributed by atoms with Crippen molar-refractivity contribution in [3.8, 4) is 0 Å². The second kappa shape index (κ2) is 4.37. The molecule has 4 saturated carbocycles. The maximum absolute atomic E-state index is 13.3. The number of carbonyl (C=O) groups is 1. The zero-order valence-corrected chi connectivity index (χ0v) is 11.3. The van der Waals surface area contributed by atoms with Gasteiger partial charge < -0.3 is 0 Å². The lowest BCUT2D eigenvalue weighted by atomic mass is 9.51. The second-order valence-electron chi connectivity index (χ2n) is 6.98. The summed E-state index contributed by atoms with van der Waals surface area (Å²) >= 11 is 0. The molecule has 4 aliphatic carbocycles. The highest BCUT2D eigenvalue weighted by atomic mass is 19.1. The highest BCUT2D eigenvalue weighted by Gasteiger charge is 2.50.